The molecule has 0 amide bonds. The van der Waals surface area contributed by atoms with Crippen molar-refractivity contribution in [3.8, 4) is 0 Å². The number of aliphatic hydroxyl groups excluding tert-OH is 2. The SMILES string of the molecule is CCCCCCC/C=C\CCCCCCCC(=O)OC(COC(=O)CCCCCCCCCCCCCCCCCCCCCCCCC)COP(=O)(O)OCC(O)CO. The Morgan fingerprint density at radius 1 is 0.483 bits per heavy atom. The van der Waals surface area contributed by atoms with Crippen molar-refractivity contribution < 1.29 is 47.8 Å². The van der Waals surface area contributed by atoms with Crippen LogP contribution in [0, 0.1) is 0 Å². The summed E-state index contributed by atoms with van der Waals surface area (Å²) in [5.41, 5.74) is 0. The molecule has 0 rings (SSSR count). The first kappa shape index (κ1) is 58.7. The summed E-state index contributed by atoms with van der Waals surface area (Å²) in [6, 6.07) is 0. The van der Waals surface area contributed by atoms with E-state index in [2.05, 4.69) is 26.0 Å². The Bertz CT molecular complexity index is 1010. The summed E-state index contributed by atoms with van der Waals surface area (Å²) in [4.78, 5) is 35.1. The van der Waals surface area contributed by atoms with Crippen LogP contribution in [0.1, 0.15) is 251 Å². The topological polar surface area (TPSA) is 149 Å². The monoisotopic (exact) mass is 875 g/mol. The lowest BCUT2D eigenvalue weighted by molar-refractivity contribution is -0.161. The minimum atomic E-state index is -4.62. The highest BCUT2D eigenvalue weighted by Gasteiger charge is 2.27. The molecule has 0 spiro atoms. The molecular formula is C49H95O10P. The van der Waals surface area contributed by atoms with Gasteiger partial charge >= 0.3 is 19.8 Å². The van der Waals surface area contributed by atoms with Gasteiger partial charge in [-0.1, -0.05) is 212 Å². The Hall–Kier alpha value is -1.29. The molecule has 10 nitrogen and oxygen atoms in total. The zero-order valence-electron chi connectivity index (χ0n) is 38.9. The van der Waals surface area contributed by atoms with Crippen molar-refractivity contribution in [3.63, 3.8) is 0 Å². The van der Waals surface area contributed by atoms with Gasteiger partial charge in [0.25, 0.3) is 0 Å². The van der Waals surface area contributed by atoms with Crippen LogP contribution in [0.2, 0.25) is 0 Å². The van der Waals surface area contributed by atoms with Gasteiger partial charge in [0.1, 0.15) is 12.7 Å². The lowest BCUT2D eigenvalue weighted by Gasteiger charge is -2.20. The number of phosphoric acid groups is 1. The quantitative estimate of drug-likeness (QED) is 0.0233. The lowest BCUT2D eigenvalue weighted by Crippen LogP contribution is -2.29. The fraction of sp³-hybridized carbons (Fsp3) is 0.918. The molecule has 0 aliphatic carbocycles. The van der Waals surface area contributed by atoms with Crippen LogP contribution in [0.3, 0.4) is 0 Å². The highest BCUT2D eigenvalue weighted by atomic mass is 31.2. The first-order valence-corrected chi connectivity index (χ1v) is 26.6. The molecule has 0 aromatic carbocycles. The molecule has 3 unspecified atom stereocenters. The van der Waals surface area contributed by atoms with Crippen molar-refractivity contribution in [3.05, 3.63) is 12.2 Å². The van der Waals surface area contributed by atoms with Crippen LogP contribution in [0.25, 0.3) is 0 Å². The normalized spacial score (nSPS) is 13.8. The van der Waals surface area contributed by atoms with Crippen LogP contribution < -0.4 is 0 Å². The Kier molecular flexibility index (Phi) is 44.7. The van der Waals surface area contributed by atoms with Crippen molar-refractivity contribution in [2.24, 2.45) is 0 Å². The Balaban J connectivity index is 4.10. The van der Waals surface area contributed by atoms with E-state index in [-0.39, 0.29) is 19.4 Å². The molecule has 0 aliphatic rings. The van der Waals surface area contributed by atoms with Crippen LogP contribution in [-0.4, -0.2) is 65.7 Å². The highest BCUT2D eigenvalue weighted by molar-refractivity contribution is 7.47. The minimum Gasteiger partial charge on any atom is -0.462 e. The number of hydrogen-bond donors (Lipinski definition) is 3. The first-order valence-electron chi connectivity index (χ1n) is 25.1. The molecule has 0 aromatic rings. The van der Waals surface area contributed by atoms with Crippen LogP contribution in [0.4, 0.5) is 0 Å². The van der Waals surface area contributed by atoms with E-state index in [0.29, 0.717) is 12.8 Å². The predicted molar refractivity (Wildman–Crippen MR) is 247 cm³/mol. The summed E-state index contributed by atoms with van der Waals surface area (Å²) in [7, 11) is -4.62. The summed E-state index contributed by atoms with van der Waals surface area (Å²) in [5.74, 6) is -0.920. The maximum absolute atomic E-state index is 12.6. The van der Waals surface area contributed by atoms with Crippen LogP contribution in [-0.2, 0) is 32.7 Å². The molecule has 0 fully saturated rings. The second kappa shape index (κ2) is 45.7. The largest absolute Gasteiger partial charge is 0.472 e. The average Bonchev–Trinajstić information content (AvgIpc) is 3.24. The second-order valence-corrected chi connectivity index (χ2v) is 18.7. The van der Waals surface area contributed by atoms with Gasteiger partial charge in [-0.25, -0.2) is 4.57 Å². The zero-order valence-corrected chi connectivity index (χ0v) is 39.8. The standard InChI is InChI=1S/C49H95O10P/c1-3-5-7-9-11-13-15-17-19-20-21-22-23-24-25-26-27-29-30-32-34-36-38-40-48(52)56-44-47(45-58-60(54,55)57-43-46(51)42-50)59-49(53)41-39-37-35-33-31-28-18-16-14-12-10-8-6-4-2/h16,18,46-47,50-51H,3-15,17,19-45H2,1-2H3,(H,54,55)/b18-16-. The van der Waals surface area contributed by atoms with Gasteiger partial charge in [-0.2, -0.15) is 0 Å². The molecule has 356 valence electrons. The molecule has 11 heteroatoms. The molecule has 0 aromatic heterocycles. The van der Waals surface area contributed by atoms with Gasteiger partial charge in [-0.3, -0.25) is 18.6 Å². The fourth-order valence-electron chi connectivity index (χ4n) is 7.28. The van der Waals surface area contributed by atoms with Gasteiger partial charge in [0, 0.05) is 12.8 Å². The summed E-state index contributed by atoms with van der Waals surface area (Å²) >= 11 is 0. The molecule has 60 heavy (non-hydrogen) atoms. The highest BCUT2D eigenvalue weighted by Crippen LogP contribution is 2.43. The third kappa shape index (κ3) is 44.8. The summed E-state index contributed by atoms with van der Waals surface area (Å²) in [5, 5.41) is 18.4. The van der Waals surface area contributed by atoms with Gasteiger partial charge in [0.15, 0.2) is 6.10 Å². The van der Waals surface area contributed by atoms with Crippen molar-refractivity contribution in [1.82, 2.24) is 0 Å². The molecule has 0 bridgehead atoms. The van der Waals surface area contributed by atoms with E-state index in [9.17, 15) is 24.2 Å². The number of rotatable bonds is 48. The van der Waals surface area contributed by atoms with E-state index in [1.54, 1.807) is 0 Å². The van der Waals surface area contributed by atoms with Crippen molar-refractivity contribution in [1.29, 1.82) is 0 Å². The zero-order chi connectivity index (χ0) is 44.0. The molecule has 0 heterocycles. The van der Waals surface area contributed by atoms with Crippen molar-refractivity contribution in [2.45, 2.75) is 264 Å². The number of aliphatic hydroxyl groups is 2. The van der Waals surface area contributed by atoms with E-state index in [0.717, 1.165) is 51.4 Å². The van der Waals surface area contributed by atoms with Crippen LogP contribution in [0.5, 0.6) is 0 Å². The predicted octanol–water partition coefficient (Wildman–Crippen LogP) is 14.0. The molecule has 0 saturated carbocycles. The van der Waals surface area contributed by atoms with E-state index >= 15 is 0 Å². The first-order chi connectivity index (χ1) is 29.2. The maximum Gasteiger partial charge on any atom is 0.472 e. The van der Waals surface area contributed by atoms with E-state index < -0.39 is 51.8 Å². The van der Waals surface area contributed by atoms with E-state index in [1.807, 2.05) is 0 Å². The number of esters is 2. The van der Waals surface area contributed by atoms with E-state index in [4.69, 9.17) is 23.6 Å². The second-order valence-electron chi connectivity index (χ2n) is 17.2. The number of allylic oxidation sites excluding steroid dienone is 2. The molecular weight excluding hydrogens is 780 g/mol. The van der Waals surface area contributed by atoms with Crippen LogP contribution >= 0.6 is 7.82 Å². The Morgan fingerprint density at radius 3 is 1.20 bits per heavy atom. The number of unbranched alkanes of at least 4 members (excludes halogenated alkanes) is 32. The number of ether oxygens (including phenoxy) is 2. The fourth-order valence-corrected chi connectivity index (χ4v) is 8.07. The average molecular weight is 875 g/mol. The van der Waals surface area contributed by atoms with Gasteiger partial charge in [-0.15, -0.1) is 0 Å². The number of phosphoric ester groups is 1. The third-order valence-corrected chi connectivity index (χ3v) is 12.1. The Morgan fingerprint density at radius 2 is 0.817 bits per heavy atom. The maximum atomic E-state index is 12.6. The Labute approximate surface area is 368 Å². The smallest absolute Gasteiger partial charge is 0.462 e. The lowest BCUT2D eigenvalue weighted by atomic mass is 10.0. The molecule has 3 N–H and O–H groups in total. The number of hydrogen-bond acceptors (Lipinski definition) is 9. The van der Waals surface area contributed by atoms with Gasteiger partial charge in [0.05, 0.1) is 19.8 Å². The van der Waals surface area contributed by atoms with Gasteiger partial charge < -0.3 is 24.6 Å². The van der Waals surface area contributed by atoms with Crippen molar-refractivity contribution >= 4 is 19.8 Å². The number of carbonyl (C=O) groups is 2. The molecule has 0 aliphatic heterocycles. The minimum absolute atomic E-state index is 0.178. The molecule has 0 saturated heterocycles. The summed E-state index contributed by atoms with van der Waals surface area (Å²) in [6.07, 6.45) is 46.2. The van der Waals surface area contributed by atoms with Crippen molar-refractivity contribution in [2.75, 3.05) is 26.4 Å². The summed E-state index contributed by atoms with van der Waals surface area (Å²) < 4.78 is 32.8. The number of carbonyl (C=O) groups excluding carboxylic acids is 2. The van der Waals surface area contributed by atoms with E-state index in [1.165, 1.54) is 161 Å². The molecule has 0 radical (unpaired) electrons. The van der Waals surface area contributed by atoms with Crippen LogP contribution in [0.15, 0.2) is 12.2 Å². The third-order valence-electron chi connectivity index (χ3n) is 11.2. The summed E-state index contributed by atoms with van der Waals surface area (Å²) in [6.45, 7) is 2.41. The van der Waals surface area contributed by atoms with Gasteiger partial charge in [-0.05, 0) is 38.5 Å². The molecule has 3 atom stereocenters. The van der Waals surface area contributed by atoms with Gasteiger partial charge in [0.2, 0.25) is 0 Å².